The van der Waals surface area contributed by atoms with Crippen molar-refractivity contribution in [2.24, 2.45) is 0 Å². The molecule has 9 nitrogen and oxygen atoms in total. The molecule has 0 saturated heterocycles. The van der Waals surface area contributed by atoms with Gasteiger partial charge in [0, 0.05) is 25.8 Å². The molecule has 3 aromatic rings. The van der Waals surface area contributed by atoms with Gasteiger partial charge in [0.2, 0.25) is 11.9 Å². The van der Waals surface area contributed by atoms with Crippen LogP contribution in [0.2, 0.25) is 5.02 Å². The summed E-state index contributed by atoms with van der Waals surface area (Å²) in [4.78, 5) is 38.4. The van der Waals surface area contributed by atoms with Crippen LogP contribution < -0.4 is 20.9 Å². The fourth-order valence-electron chi connectivity index (χ4n) is 3.95. The number of rotatable bonds is 7. The molecular formula is C24H28ClN7O2S. The van der Waals surface area contributed by atoms with Crippen molar-refractivity contribution in [3.05, 3.63) is 50.8 Å². The molecule has 0 spiro atoms. The van der Waals surface area contributed by atoms with Crippen molar-refractivity contribution < 1.29 is 9.59 Å². The Morgan fingerprint density at radius 3 is 2.71 bits per heavy atom. The number of hydrogen-bond acceptors (Lipinski definition) is 8. The van der Waals surface area contributed by atoms with Gasteiger partial charge in [0.1, 0.15) is 9.90 Å². The summed E-state index contributed by atoms with van der Waals surface area (Å²) >= 11 is 7.71. The second kappa shape index (κ2) is 10.6. The number of anilines is 5. The number of halogens is 1. The fraction of sp³-hybridized carbons (Fsp3) is 0.333. The average molecular weight is 514 g/mol. The van der Waals surface area contributed by atoms with Gasteiger partial charge in [-0.3, -0.25) is 14.5 Å². The van der Waals surface area contributed by atoms with E-state index in [1.165, 1.54) is 17.5 Å². The smallest absolute Gasteiger partial charge is 0.263 e. The van der Waals surface area contributed by atoms with Crippen molar-refractivity contribution in [1.82, 2.24) is 20.2 Å². The third-order valence-corrected chi connectivity index (χ3v) is 7.22. The molecule has 0 radical (unpaired) electrons. The second-order valence-corrected chi connectivity index (χ2v) is 9.41. The predicted octanol–water partition coefficient (Wildman–Crippen LogP) is 4.54. The summed E-state index contributed by atoms with van der Waals surface area (Å²) in [7, 11) is 1.59. The van der Waals surface area contributed by atoms with Gasteiger partial charge in [0.05, 0.1) is 24.1 Å². The van der Waals surface area contributed by atoms with Gasteiger partial charge < -0.3 is 20.9 Å². The maximum absolute atomic E-state index is 12.8. The van der Waals surface area contributed by atoms with Crippen LogP contribution in [0.4, 0.5) is 28.8 Å². The molecule has 4 rings (SSSR count). The molecule has 0 atom stereocenters. The van der Waals surface area contributed by atoms with Gasteiger partial charge in [0.15, 0.2) is 5.82 Å². The molecule has 184 valence electrons. The van der Waals surface area contributed by atoms with Crippen molar-refractivity contribution in [3.63, 3.8) is 0 Å². The minimum absolute atomic E-state index is 0.0810. The number of fused-ring (bicyclic) bond motifs is 1. The molecule has 0 fully saturated rings. The van der Waals surface area contributed by atoms with E-state index in [1.54, 1.807) is 7.05 Å². The van der Waals surface area contributed by atoms with Gasteiger partial charge in [-0.1, -0.05) is 24.6 Å². The van der Waals surface area contributed by atoms with Crippen molar-refractivity contribution in [2.75, 3.05) is 42.2 Å². The number of carbonyl (C=O) groups is 2. The van der Waals surface area contributed by atoms with Gasteiger partial charge in [-0.25, -0.2) is 4.98 Å². The van der Waals surface area contributed by atoms with Crippen LogP contribution in [-0.4, -0.2) is 53.4 Å². The zero-order valence-electron chi connectivity index (χ0n) is 20.1. The second-order valence-electron chi connectivity index (χ2n) is 8.13. The SMILES string of the molecule is CCN1CC(=O)N(CC)c2cc(Nc3ncc(Cl)c(Nc4c(C)csc4C(=O)NC)n3)ccc2C1. The van der Waals surface area contributed by atoms with Crippen LogP contribution in [0.1, 0.15) is 34.6 Å². The Bertz CT molecular complexity index is 1260. The fourth-order valence-corrected chi connectivity index (χ4v) is 5.04. The Morgan fingerprint density at radius 2 is 2.00 bits per heavy atom. The Morgan fingerprint density at radius 1 is 1.20 bits per heavy atom. The van der Waals surface area contributed by atoms with E-state index in [4.69, 9.17) is 11.6 Å². The third kappa shape index (κ3) is 5.24. The van der Waals surface area contributed by atoms with Crippen molar-refractivity contribution in [3.8, 4) is 0 Å². The lowest BCUT2D eigenvalue weighted by Crippen LogP contribution is -2.37. The Labute approximate surface area is 213 Å². The largest absolute Gasteiger partial charge is 0.354 e. The van der Waals surface area contributed by atoms with E-state index >= 15 is 0 Å². The molecule has 0 aliphatic carbocycles. The molecule has 3 N–H and O–H groups in total. The zero-order valence-corrected chi connectivity index (χ0v) is 21.7. The summed E-state index contributed by atoms with van der Waals surface area (Å²) in [5.74, 6) is 0.618. The number of amides is 2. The first-order valence-corrected chi connectivity index (χ1v) is 12.6. The van der Waals surface area contributed by atoms with Gasteiger partial charge >= 0.3 is 0 Å². The molecule has 1 aliphatic rings. The number of nitrogens with zero attached hydrogens (tertiary/aromatic N) is 4. The highest BCUT2D eigenvalue weighted by atomic mass is 35.5. The van der Waals surface area contributed by atoms with Crippen LogP contribution >= 0.6 is 22.9 Å². The van der Waals surface area contributed by atoms with Gasteiger partial charge in [0.25, 0.3) is 5.91 Å². The highest BCUT2D eigenvalue weighted by molar-refractivity contribution is 7.12. The molecule has 3 heterocycles. The monoisotopic (exact) mass is 513 g/mol. The first kappa shape index (κ1) is 24.9. The summed E-state index contributed by atoms with van der Waals surface area (Å²) in [5.41, 5.74) is 4.30. The standard InChI is InChI=1S/C24H28ClN7O2S/c1-5-31-11-15-7-8-16(9-18(15)32(6-2)19(33)12-31)28-24-27-10-17(25)22(30-24)29-20-14(3)13-35-21(20)23(34)26-4/h7-10,13H,5-6,11-12H2,1-4H3,(H,26,34)(H2,27,28,29,30). The Hall–Kier alpha value is -3.21. The first-order chi connectivity index (χ1) is 16.8. The number of thiophene rings is 1. The normalized spacial score (nSPS) is 13.9. The predicted molar refractivity (Wildman–Crippen MR) is 141 cm³/mol. The number of carbonyl (C=O) groups excluding carboxylic acids is 2. The minimum Gasteiger partial charge on any atom is -0.354 e. The lowest BCUT2D eigenvalue weighted by Gasteiger charge is -2.21. The quantitative estimate of drug-likeness (QED) is 0.426. The average Bonchev–Trinajstić information content (AvgIpc) is 3.14. The van der Waals surface area contributed by atoms with Crippen molar-refractivity contribution in [1.29, 1.82) is 0 Å². The Kier molecular flexibility index (Phi) is 7.54. The molecule has 0 unspecified atom stereocenters. The number of aryl methyl sites for hydroxylation is 1. The van der Waals surface area contributed by atoms with Crippen LogP contribution in [-0.2, 0) is 11.3 Å². The van der Waals surface area contributed by atoms with Crippen molar-refractivity contribution in [2.45, 2.75) is 27.3 Å². The number of likely N-dealkylation sites (N-methyl/N-ethyl adjacent to an activating group) is 2. The maximum Gasteiger partial charge on any atom is 0.263 e. The third-order valence-electron chi connectivity index (χ3n) is 5.85. The van der Waals surface area contributed by atoms with E-state index in [-0.39, 0.29) is 11.8 Å². The van der Waals surface area contributed by atoms with Crippen LogP contribution in [0.5, 0.6) is 0 Å². The lowest BCUT2D eigenvalue weighted by atomic mass is 10.1. The molecule has 35 heavy (non-hydrogen) atoms. The number of benzene rings is 1. The molecule has 2 aromatic heterocycles. The Balaban J connectivity index is 1.62. The van der Waals surface area contributed by atoms with E-state index in [9.17, 15) is 9.59 Å². The summed E-state index contributed by atoms with van der Waals surface area (Å²) in [6.07, 6.45) is 1.50. The minimum atomic E-state index is -0.184. The summed E-state index contributed by atoms with van der Waals surface area (Å²) in [6.45, 7) is 8.46. The van der Waals surface area contributed by atoms with E-state index < -0.39 is 0 Å². The number of aromatic nitrogens is 2. The van der Waals surface area contributed by atoms with E-state index in [0.29, 0.717) is 47.0 Å². The van der Waals surface area contributed by atoms with E-state index in [2.05, 4.69) is 37.7 Å². The maximum atomic E-state index is 12.8. The molecule has 0 saturated carbocycles. The van der Waals surface area contributed by atoms with E-state index in [1.807, 2.05) is 42.3 Å². The molecule has 1 aliphatic heterocycles. The lowest BCUT2D eigenvalue weighted by molar-refractivity contribution is -0.119. The summed E-state index contributed by atoms with van der Waals surface area (Å²) in [5, 5.41) is 11.3. The van der Waals surface area contributed by atoms with Crippen LogP contribution in [0.3, 0.4) is 0 Å². The molecule has 11 heteroatoms. The highest BCUT2D eigenvalue weighted by Crippen LogP contribution is 2.34. The van der Waals surface area contributed by atoms with Gasteiger partial charge in [-0.2, -0.15) is 4.98 Å². The van der Waals surface area contributed by atoms with Crippen LogP contribution in [0, 0.1) is 6.92 Å². The van der Waals surface area contributed by atoms with Gasteiger partial charge in [-0.15, -0.1) is 11.3 Å². The molecule has 2 amide bonds. The highest BCUT2D eigenvalue weighted by Gasteiger charge is 2.25. The van der Waals surface area contributed by atoms with E-state index in [0.717, 1.165) is 29.0 Å². The van der Waals surface area contributed by atoms with Crippen LogP contribution in [0.25, 0.3) is 0 Å². The number of hydrogen-bond donors (Lipinski definition) is 3. The summed E-state index contributed by atoms with van der Waals surface area (Å²) in [6, 6.07) is 5.93. The topological polar surface area (TPSA) is 102 Å². The first-order valence-electron chi connectivity index (χ1n) is 11.4. The summed E-state index contributed by atoms with van der Waals surface area (Å²) < 4.78 is 0. The molecular weight excluding hydrogens is 486 g/mol. The zero-order chi connectivity index (χ0) is 25.1. The number of nitrogens with one attached hydrogen (secondary N) is 3. The molecule has 0 bridgehead atoms. The van der Waals surface area contributed by atoms with Crippen LogP contribution in [0.15, 0.2) is 29.8 Å². The van der Waals surface area contributed by atoms with Gasteiger partial charge in [-0.05, 0) is 49.0 Å². The van der Waals surface area contributed by atoms with Crippen molar-refractivity contribution >= 4 is 63.6 Å². The molecule has 1 aromatic carbocycles.